The fourth-order valence-corrected chi connectivity index (χ4v) is 5.71. The maximum absolute atomic E-state index is 5.48. The zero-order valence-electron chi connectivity index (χ0n) is 22.2. The molecule has 0 N–H and O–H groups in total. The van der Waals surface area contributed by atoms with Crippen molar-refractivity contribution in [2.45, 2.75) is 116 Å². The van der Waals surface area contributed by atoms with Crippen LogP contribution in [-0.2, 0) is 12.5 Å². The van der Waals surface area contributed by atoms with Crippen LogP contribution in [0, 0.1) is 0 Å². The van der Waals surface area contributed by atoms with Gasteiger partial charge < -0.3 is 4.48 Å². The summed E-state index contributed by atoms with van der Waals surface area (Å²) in [7, 11) is 7.93. The highest BCUT2D eigenvalue weighted by molar-refractivity contribution is 8.21. The van der Waals surface area contributed by atoms with Gasteiger partial charge in [0, 0.05) is 6.42 Å². The Bertz CT molecular complexity index is 367. The Morgan fingerprint density at radius 3 is 1.16 bits per heavy atom. The second-order valence-corrected chi connectivity index (χ2v) is 12.3. The average molecular weight is 465 g/mol. The molecule has 0 bridgehead atoms. The van der Waals surface area contributed by atoms with Crippen LogP contribution >= 0.6 is 10.9 Å². The lowest BCUT2D eigenvalue weighted by atomic mass is 10.0. The van der Waals surface area contributed by atoms with Gasteiger partial charge in [0.2, 0.25) is 0 Å². The van der Waals surface area contributed by atoms with Gasteiger partial charge in [0.25, 0.3) is 0 Å². The first-order valence-corrected chi connectivity index (χ1v) is 14.8. The van der Waals surface area contributed by atoms with Crippen LogP contribution in [0.15, 0.2) is 0 Å². The Kier molecular flexibility index (Phi) is 20.9. The first-order chi connectivity index (χ1) is 14.9. The van der Waals surface area contributed by atoms with Gasteiger partial charge in [-0.15, -0.1) is 0 Å². The van der Waals surface area contributed by atoms with Crippen molar-refractivity contribution in [1.29, 1.82) is 0 Å². The summed E-state index contributed by atoms with van der Waals surface area (Å²) in [5, 5.41) is 0. The van der Waals surface area contributed by atoms with E-state index >= 15 is 0 Å². The van der Waals surface area contributed by atoms with Crippen molar-refractivity contribution in [2.75, 3.05) is 54.3 Å². The van der Waals surface area contributed by atoms with E-state index in [0.29, 0.717) is 0 Å². The topological polar surface area (TPSA) is 27.7 Å². The number of hydrogen-bond donors (Lipinski definition) is 0. The van der Waals surface area contributed by atoms with Crippen LogP contribution in [-0.4, -0.2) is 58.8 Å². The Balaban J connectivity index is 3.47. The molecule has 4 nitrogen and oxygen atoms in total. The van der Waals surface area contributed by atoms with E-state index in [9.17, 15) is 0 Å². The van der Waals surface area contributed by atoms with E-state index in [2.05, 4.69) is 21.0 Å². The van der Waals surface area contributed by atoms with Gasteiger partial charge in [0.15, 0.2) is 0 Å². The summed E-state index contributed by atoms with van der Waals surface area (Å²) >= 11 is 0. The third-order valence-corrected chi connectivity index (χ3v) is 8.85. The van der Waals surface area contributed by atoms with Gasteiger partial charge in [-0.1, -0.05) is 96.8 Å². The SMILES string of the molecule is CCCCCCCCCCCCCCCCCC[N+](C)(C)CCCS(OC)(OC)OC. The molecule has 0 saturated heterocycles. The van der Waals surface area contributed by atoms with Crippen LogP contribution in [0.1, 0.15) is 116 Å². The van der Waals surface area contributed by atoms with Crippen molar-refractivity contribution < 1.29 is 17.0 Å². The molecule has 0 radical (unpaired) electrons. The zero-order chi connectivity index (χ0) is 23.3. The summed E-state index contributed by atoms with van der Waals surface area (Å²) in [4.78, 5) is 0. The van der Waals surface area contributed by atoms with Crippen molar-refractivity contribution in [2.24, 2.45) is 0 Å². The predicted octanol–water partition coefficient (Wildman–Crippen LogP) is 8.20. The summed E-state index contributed by atoms with van der Waals surface area (Å²) in [6.45, 7) is 4.69. The first kappa shape index (κ1) is 31.2. The Labute approximate surface area is 198 Å². The molecule has 0 spiro atoms. The molecular formula is C26H58NO3S+. The van der Waals surface area contributed by atoms with Gasteiger partial charge in [-0.25, -0.2) is 0 Å². The van der Waals surface area contributed by atoms with Crippen LogP contribution in [0.2, 0.25) is 0 Å². The summed E-state index contributed by atoms with van der Waals surface area (Å²) in [6, 6.07) is 0. The number of unbranched alkanes of at least 4 members (excludes halogenated alkanes) is 15. The van der Waals surface area contributed by atoms with Crippen LogP contribution in [0.4, 0.5) is 0 Å². The average Bonchev–Trinajstić information content (AvgIpc) is 2.76. The lowest BCUT2D eigenvalue weighted by Gasteiger charge is -2.35. The predicted molar refractivity (Wildman–Crippen MR) is 139 cm³/mol. The molecule has 0 aliphatic rings. The molecule has 0 atom stereocenters. The van der Waals surface area contributed by atoms with Gasteiger partial charge in [-0.05, 0) is 12.8 Å². The lowest BCUT2D eigenvalue weighted by molar-refractivity contribution is -0.890. The number of nitrogens with zero attached hydrogens (tertiary/aromatic N) is 1. The van der Waals surface area contributed by atoms with Crippen molar-refractivity contribution >= 4 is 10.9 Å². The Morgan fingerprint density at radius 2 is 0.806 bits per heavy atom. The van der Waals surface area contributed by atoms with Crippen LogP contribution in [0.3, 0.4) is 0 Å². The summed E-state index contributed by atoms with van der Waals surface area (Å²) in [5.41, 5.74) is 0. The highest BCUT2D eigenvalue weighted by Crippen LogP contribution is 2.49. The Morgan fingerprint density at radius 1 is 0.484 bits per heavy atom. The minimum atomic E-state index is -1.79. The van der Waals surface area contributed by atoms with Crippen molar-refractivity contribution in [1.82, 2.24) is 0 Å². The minimum absolute atomic E-state index is 0.844. The van der Waals surface area contributed by atoms with Gasteiger partial charge in [-0.3, -0.25) is 12.5 Å². The van der Waals surface area contributed by atoms with Crippen molar-refractivity contribution in [3.63, 3.8) is 0 Å². The lowest BCUT2D eigenvalue weighted by Crippen LogP contribution is -2.41. The quantitative estimate of drug-likeness (QED) is 0.106. The highest BCUT2D eigenvalue weighted by Gasteiger charge is 2.24. The standard InChI is InChI=1S/C26H58NO3S/c1-7-8-9-10-11-12-13-14-15-16-17-18-19-20-21-22-24-27(2,3)25-23-26-31(28-4,29-5)30-6/h7-26H2,1-6H3/q+1. The van der Waals surface area contributed by atoms with E-state index in [1.165, 1.54) is 109 Å². The molecule has 0 rings (SSSR count). The fourth-order valence-electron chi connectivity index (χ4n) is 4.32. The molecule has 0 aliphatic carbocycles. The molecule has 0 heterocycles. The van der Waals surface area contributed by atoms with E-state index in [1.807, 2.05) is 0 Å². The van der Waals surface area contributed by atoms with Gasteiger partial charge in [-0.2, -0.15) is 0 Å². The molecule has 31 heavy (non-hydrogen) atoms. The molecule has 0 amide bonds. The van der Waals surface area contributed by atoms with Crippen LogP contribution in [0.5, 0.6) is 0 Å². The molecule has 0 fully saturated rings. The monoisotopic (exact) mass is 464 g/mol. The third kappa shape index (κ3) is 18.3. The molecule has 190 valence electrons. The maximum atomic E-state index is 5.48. The van der Waals surface area contributed by atoms with Crippen LogP contribution < -0.4 is 0 Å². The highest BCUT2D eigenvalue weighted by atomic mass is 32.3. The normalized spacial score (nSPS) is 13.1. The summed E-state index contributed by atoms with van der Waals surface area (Å²) < 4.78 is 17.5. The smallest absolute Gasteiger partial charge is 0.0881 e. The second kappa shape index (κ2) is 20.8. The molecule has 0 aromatic heterocycles. The number of hydrogen-bond acceptors (Lipinski definition) is 3. The molecule has 0 aromatic rings. The summed E-state index contributed by atoms with van der Waals surface area (Å²) in [6.07, 6.45) is 23.9. The minimum Gasteiger partial charge on any atom is -0.328 e. The largest absolute Gasteiger partial charge is 0.328 e. The van der Waals surface area contributed by atoms with Gasteiger partial charge >= 0.3 is 0 Å². The molecule has 0 aromatic carbocycles. The summed E-state index contributed by atoms with van der Waals surface area (Å²) in [5.74, 6) is 0.844. The van der Waals surface area contributed by atoms with Crippen molar-refractivity contribution in [3.05, 3.63) is 0 Å². The second-order valence-electron chi connectivity index (χ2n) is 9.80. The molecule has 0 unspecified atom stereocenters. The number of rotatable bonds is 24. The molecule has 0 aliphatic heterocycles. The van der Waals surface area contributed by atoms with E-state index < -0.39 is 10.9 Å². The first-order valence-electron chi connectivity index (χ1n) is 13.2. The molecule has 5 heteroatoms. The fraction of sp³-hybridized carbons (Fsp3) is 1.00. The van der Waals surface area contributed by atoms with E-state index in [1.54, 1.807) is 21.3 Å². The van der Waals surface area contributed by atoms with Gasteiger partial charge in [0.1, 0.15) is 0 Å². The molecular weight excluding hydrogens is 406 g/mol. The van der Waals surface area contributed by atoms with Gasteiger partial charge in [0.05, 0.1) is 65.1 Å². The van der Waals surface area contributed by atoms with Crippen molar-refractivity contribution in [3.8, 4) is 0 Å². The van der Waals surface area contributed by atoms with E-state index in [4.69, 9.17) is 12.5 Å². The molecule has 0 saturated carbocycles. The Hall–Kier alpha value is 0.190. The number of quaternary nitrogens is 1. The van der Waals surface area contributed by atoms with E-state index in [-0.39, 0.29) is 0 Å². The third-order valence-electron chi connectivity index (χ3n) is 6.54. The zero-order valence-corrected chi connectivity index (χ0v) is 23.0. The maximum Gasteiger partial charge on any atom is 0.0881 e. The van der Waals surface area contributed by atoms with E-state index in [0.717, 1.165) is 23.2 Å². The van der Waals surface area contributed by atoms with Crippen LogP contribution in [0.25, 0.3) is 0 Å².